The predicted molar refractivity (Wildman–Crippen MR) is 124 cm³/mol. The Kier molecular flexibility index (Phi) is 6.12. The molecule has 1 aliphatic carbocycles. The number of anilines is 1. The number of nitrogens with one attached hydrogen (secondary N) is 1. The maximum atomic E-state index is 13.5. The van der Waals surface area contributed by atoms with Gasteiger partial charge >= 0.3 is 5.97 Å². The summed E-state index contributed by atoms with van der Waals surface area (Å²) >= 11 is 1.60. The highest BCUT2D eigenvalue weighted by molar-refractivity contribution is 7.18. The first-order valence-corrected chi connectivity index (χ1v) is 11.4. The van der Waals surface area contributed by atoms with Crippen molar-refractivity contribution < 1.29 is 14.7 Å². The number of fused-ring (bicyclic) bond motifs is 3. The molecule has 32 heavy (non-hydrogen) atoms. The van der Waals surface area contributed by atoms with Crippen LogP contribution in [0.3, 0.4) is 0 Å². The summed E-state index contributed by atoms with van der Waals surface area (Å²) in [5.74, 6) is -0.252. The molecule has 0 saturated carbocycles. The zero-order chi connectivity index (χ0) is 23.0. The number of amides is 1. The van der Waals surface area contributed by atoms with E-state index in [9.17, 15) is 14.4 Å². The van der Waals surface area contributed by atoms with Crippen molar-refractivity contribution in [3.8, 4) is 0 Å². The summed E-state index contributed by atoms with van der Waals surface area (Å²) in [4.78, 5) is 46.0. The summed E-state index contributed by atoms with van der Waals surface area (Å²) in [5.41, 5.74) is 1.53. The number of aromatic nitrogens is 2. The van der Waals surface area contributed by atoms with Gasteiger partial charge in [-0.3, -0.25) is 14.2 Å². The van der Waals surface area contributed by atoms with Crippen molar-refractivity contribution in [2.45, 2.75) is 39.3 Å². The van der Waals surface area contributed by atoms with Crippen LogP contribution in [0.15, 0.2) is 29.1 Å². The van der Waals surface area contributed by atoms with Crippen LogP contribution >= 0.6 is 11.3 Å². The van der Waals surface area contributed by atoms with Crippen LogP contribution in [0, 0.1) is 5.92 Å². The third-order valence-corrected chi connectivity index (χ3v) is 6.82. The Hall–Kier alpha value is -3.04. The largest absolute Gasteiger partial charge is 0.478 e. The Labute approximate surface area is 189 Å². The lowest BCUT2D eigenvalue weighted by Crippen LogP contribution is -2.33. The quantitative estimate of drug-likeness (QED) is 0.593. The molecule has 1 aliphatic rings. The minimum atomic E-state index is -1.03. The third-order valence-electron chi connectivity index (χ3n) is 5.67. The number of carbonyl (C=O) groups excluding carboxylic acids is 1. The second kappa shape index (κ2) is 8.84. The number of hydrogen-bond acceptors (Lipinski definition) is 6. The van der Waals surface area contributed by atoms with Crippen LogP contribution in [-0.2, 0) is 30.7 Å². The van der Waals surface area contributed by atoms with Gasteiger partial charge in [-0.2, -0.15) is 0 Å². The lowest BCUT2D eigenvalue weighted by molar-refractivity contribution is -0.116. The van der Waals surface area contributed by atoms with Crippen molar-refractivity contribution in [3.63, 3.8) is 0 Å². The Morgan fingerprint density at radius 2 is 2.00 bits per heavy atom. The van der Waals surface area contributed by atoms with Gasteiger partial charge in [0.05, 0.1) is 17.5 Å². The molecule has 2 heterocycles. The minimum absolute atomic E-state index is 0.138. The van der Waals surface area contributed by atoms with E-state index in [1.165, 1.54) is 33.7 Å². The lowest BCUT2D eigenvalue weighted by Gasteiger charge is -2.18. The topological polar surface area (TPSA) is 105 Å². The van der Waals surface area contributed by atoms with Crippen molar-refractivity contribution >= 4 is 39.1 Å². The van der Waals surface area contributed by atoms with Gasteiger partial charge in [-0.05, 0) is 69.1 Å². The molecule has 9 heteroatoms. The van der Waals surface area contributed by atoms with Gasteiger partial charge in [0.25, 0.3) is 5.56 Å². The standard InChI is InChI=1S/C23H26N4O4S/c1-13-4-9-16-17(10-13)32-21-20(16)22(29)27(18(25-21)11-26(2)3)12-19(28)24-15-7-5-14(6-8-15)23(30)31/h5-8,13H,4,9-12H2,1-3H3,(H,24,28)(H,30,31). The predicted octanol–water partition coefficient (Wildman–Crippen LogP) is 2.98. The molecule has 1 aromatic carbocycles. The van der Waals surface area contributed by atoms with E-state index in [1.54, 1.807) is 11.3 Å². The van der Waals surface area contributed by atoms with E-state index in [2.05, 4.69) is 12.2 Å². The number of aryl methyl sites for hydroxylation is 1. The first kappa shape index (κ1) is 22.2. The van der Waals surface area contributed by atoms with E-state index < -0.39 is 5.97 Å². The van der Waals surface area contributed by atoms with Crippen molar-refractivity contribution in [1.29, 1.82) is 0 Å². The SMILES string of the molecule is CC1CCc2c(sc3nc(CN(C)C)n(CC(=O)Nc4ccc(C(=O)O)cc4)c(=O)c23)C1. The molecule has 3 aromatic rings. The third kappa shape index (κ3) is 4.44. The molecule has 8 nitrogen and oxygen atoms in total. The highest BCUT2D eigenvalue weighted by atomic mass is 32.1. The van der Waals surface area contributed by atoms with Gasteiger partial charge in [-0.1, -0.05) is 6.92 Å². The van der Waals surface area contributed by atoms with Crippen molar-refractivity contribution in [3.05, 3.63) is 56.4 Å². The maximum absolute atomic E-state index is 13.5. The minimum Gasteiger partial charge on any atom is -0.478 e. The summed E-state index contributed by atoms with van der Waals surface area (Å²) in [6, 6.07) is 5.91. The Morgan fingerprint density at radius 3 is 2.66 bits per heavy atom. The van der Waals surface area contributed by atoms with Gasteiger partial charge < -0.3 is 15.3 Å². The maximum Gasteiger partial charge on any atom is 0.335 e. The molecule has 0 saturated heterocycles. The van der Waals surface area contributed by atoms with Crippen LogP contribution in [0.5, 0.6) is 0 Å². The zero-order valence-electron chi connectivity index (χ0n) is 18.3. The first-order valence-electron chi connectivity index (χ1n) is 10.5. The number of carboxylic acids is 1. The van der Waals surface area contributed by atoms with E-state index in [0.717, 1.165) is 29.7 Å². The molecule has 4 rings (SSSR count). The molecule has 0 radical (unpaired) electrons. The van der Waals surface area contributed by atoms with E-state index in [1.807, 2.05) is 19.0 Å². The number of hydrogen-bond donors (Lipinski definition) is 2. The van der Waals surface area contributed by atoms with E-state index in [-0.39, 0.29) is 23.6 Å². The second-order valence-corrected chi connectivity index (χ2v) is 9.70. The molecule has 0 spiro atoms. The Bertz CT molecular complexity index is 1240. The molecule has 0 fully saturated rings. The van der Waals surface area contributed by atoms with Crippen LogP contribution in [0.2, 0.25) is 0 Å². The van der Waals surface area contributed by atoms with Gasteiger partial charge in [0, 0.05) is 10.6 Å². The fourth-order valence-electron chi connectivity index (χ4n) is 4.07. The van der Waals surface area contributed by atoms with Crippen LogP contribution < -0.4 is 10.9 Å². The Balaban J connectivity index is 1.68. The number of nitrogens with zero attached hydrogens (tertiary/aromatic N) is 3. The molecule has 1 amide bonds. The van der Waals surface area contributed by atoms with Gasteiger partial charge in [0.1, 0.15) is 17.2 Å². The van der Waals surface area contributed by atoms with Gasteiger partial charge in [0.15, 0.2) is 0 Å². The number of carbonyl (C=O) groups is 2. The van der Waals surface area contributed by atoms with Crippen molar-refractivity contribution in [2.75, 3.05) is 19.4 Å². The van der Waals surface area contributed by atoms with Crippen LogP contribution in [0.25, 0.3) is 10.2 Å². The fourth-order valence-corrected chi connectivity index (χ4v) is 5.46. The van der Waals surface area contributed by atoms with E-state index in [4.69, 9.17) is 10.1 Å². The molecule has 2 N–H and O–H groups in total. The second-order valence-electron chi connectivity index (χ2n) is 8.62. The number of rotatable bonds is 6. The number of thiophene rings is 1. The fraction of sp³-hybridized carbons (Fsp3) is 0.391. The highest BCUT2D eigenvalue weighted by Gasteiger charge is 2.25. The van der Waals surface area contributed by atoms with Gasteiger partial charge in [-0.25, -0.2) is 9.78 Å². The summed E-state index contributed by atoms with van der Waals surface area (Å²) < 4.78 is 1.47. The first-order chi connectivity index (χ1) is 15.2. The number of benzene rings is 1. The smallest absolute Gasteiger partial charge is 0.335 e. The summed E-state index contributed by atoms with van der Waals surface area (Å²) in [6.45, 7) is 2.50. The molecule has 0 bridgehead atoms. The van der Waals surface area contributed by atoms with Gasteiger partial charge in [0.2, 0.25) is 5.91 Å². The van der Waals surface area contributed by atoms with Crippen molar-refractivity contribution in [1.82, 2.24) is 14.5 Å². The van der Waals surface area contributed by atoms with Crippen LogP contribution in [-0.4, -0.2) is 45.5 Å². The average molecular weight is 455 g/mol. The monoisotopic (exact) mass is 454 g/mol. The summed E-state index contributed by atoms with van der Waals surface area (Å²) in [6.07, 6.45) is 2.87. The zero-order valence-corrected chi connectivity index (χ0v) is 19.2. The molecule has 2 aromatic heterocycles. The normalized spacial score (nSPS) is 15.7. The Morgan fingerprint density at radius 1 is 1.28 bits per heavy atom. The summed E-state index contributed by atoms with van der Waals surface area (Å²) in [5, 5.41) is 12.4. The van der Waals surface area contributed by atoms with Crippen molar-refractivity contribution in [2.24, 2.45) is 5.92 Å². The molecular formula is C23H26N4O4S. The molecule has 1 unspecified atom stereocenters. The highest BCUT2D eigenvalue weighted by Crippen LogP contribution is 2.35. The average Bonchev–Trinajstić information content (AvgIpc) is 3.08. The molecule has 168 valence electrons. The molecule has 1 atom stereocenters. The molecular weight excluding hydrogens is 428 g/mol. The summed E-state index contributed by atoms with van der Waals surface area (Å²) in [7, 11) is 3.79. The van der Waals surface area contributed by atoms with E-state index in [0.29, 0.717) is 29.4 Å². The van der Waals surface area contributed by atoms with Crippen LogP contribution in [0.4, 0.5) is 5.69 Å². The van der Waals surface area contributed by atoms with Gasteiger partial charge in [-0.15, -0.1) is 11.3 Å². The van der Waals surface area contributed by atoms with E-state index >= 15 is 0 Å². The molecule has 0 aliphatic heterocycles. The lowest BCUT2D eigenvalue weighted by atomic mass is 9.89. The van der Waals surface area contributed by atoms with Crippen LogP contribution in [0.1, 0.15) is 40.0 Å². The number of aromatic carboxylic acids is 1. The number of carboxylic acid groups (broad SMARTS) is 1.